The van der Waals surface area contributed by atoms with Gasteiger partial charge < -0.3 is 10.4 Å². The molecule has 0 fully saturated rings. The van der Waals surface area contributed by atoms with Crippen LogP contribution < -0.4 is 5.32 Å². The molecule has 1 rings (SSSR count). The summed E-state index contributed by atoms with van der Waals surface area (Å²) in [5.41, 5.74) is 1.38. The van der Waals surface area contributed by atoms with Crippen molar-refractivity contribution in [2.75, 3.05) is 19.8 Å². The van der Waals surface area contributed by atoms with E-state index < -0.39 is 0 Å². The first-order valence-electron chi connectivity index (χ1n) is 4.65. The van der Waals surface area contributed by atoms with Crippen molar-refractivity contribution >= 4 is 17.5 Å². The number of likely N-dealkylation sites (N-methyl/N-ethyl adjacent to an activating group) is 1. The molecule has 0 aliphatic rings. The quantitative estimate of drug-likeness (QED) is 0.606. The highest BCUT2D eigenvalue weighted by Gasteiger charge is 2.12. The van der Waals surface area contributed by atoms with Gasteiger partial charge in [0.15, 0.2) is 5.78 Å². The van der Waals surface area contributed by atoms with Gasteiger partial charge in [0.2, 0.25) is 0 Å². The van der Waals surface area contributed by atoms with Gasteiger partial charge in [-0.3, -0.25) is 4.79 Å². The monoisotopic (exact) mass is 225 g/mol. The second-order valence-electron chi connectivity index (χ2n) is 3.29. The zero-order valence-electron chi connectivity index (χ0n) is 9.13. The molecule has 0 aliphatic carbocycles. The van der Waals surface area contributed by atoms with Crippen LogP contribution in [-0.2, 0) is 0 Å². The lowest BCUT2D eigenvalue weighted by atomic mass is 10.1. The number of aromatic hydroxyl groups is 1. The maximum Gasteiger partial charge on any atom is 0.177 e. The number of aryl methyl sites for hydroxylation is 1. The second-order valence-corrected chi connectivity index (χ2v) is 4.14. The number of carbonyl (C=O) groups excluding carboxylic acids is 1. The number of carbonyl (C=O) groups is 1. The van der Waals surface area contributed by atoms with Gasteiger partial charge in [0.05, 0.1) is 6.54 Å². The minimum atomic E-state index is -0.00264. The molecule has 15 heavy (non-hydrogen) atoms. The number of phenolic OH excluding ortho intramolecular Hbond substituents is 1. The molecule has 82 valence electrons. The van der Waals surface area contributed by atoms with Crippen molar-refractivity contribution in [1.29, 1.82) is 0 Å². The predicted molar refractivity (Wildman–Crippen MR) is 62.9 cm³/mol. The van der Waals surface area contributed by atoms with E-state index in [4.69, 9.17) is 0 Å². The number of hydrogen-bond donors (Lipinski definition) is 2. The number of phenols is 1. The minimum absolute atomic E-state index is 0.00264. The molecule has 0 aromatic heterocycles. The molecule has 1 aromatic carbocycles. The lowest BCUT2D eigenvalue weighted by molar-refractivity contribution is 0.0990. The average Bonchev–Trinajstić information content (AvgIpc) is 2.21. The first-order valence-corrected chi connectivity index (χ1v) is 5.88. The summed E-state index contributed by atoms with van der Waals surface area (Å²) in [4.78, 5) is 12.6. The SMILES string of the molecule is CNCC(=O)c1cc(O)c(C)cc1SC. The van der Waals surface area contributed by atoms with Crippen molar-refractivity contribution in [2.24, 2.45) is 0 Å². The molecule has 3 nitrogen and oxygen atoms in total. The van der Waals surface area contributed by atoms with E-state index in [9.17, 15) is 9.90 Å². The smallest absolute Gasteiger partial charge is 0.177 e. The van der Waals surface area contributed by atoms with Gasteiger partial charge in [-0.2, -0.15) is 0 Å². The molecule has 0 atom stereocenters. The van der Waals surface area contributed by atoms with Crippen LogP contribution in [0.4, 0.5) is 0 Å². The van der Waals surface area contributed by atoms with E-state index in [2.05, 4.69) is 5.32 Å². The number of hydrogen-bond acceptors (Lipinski definition) is 4. The van der Waals surface area contributed by atoms with Gasteiger partial charge in [0.1, 0.15) is 5.75 Å². The Kier molecular flexibility index (Phi) is 4.17. The number of nitrogens with one attached hydrogen (secondary N) is 1. The van der Waals surface area contributed by atoms with Crippen LogP contribution in [0.25, 0.3) is 0 Å². The van der Waals surface area contributed by atoms with Crippen LogP contribution in [0.1, 0.15) is 15.9 Å². The van der Waals surface area contributed by atoms with Gasteiger partial charge >= 0.3 is 0 Å². The fourth-order valence-electron chi connectivity index (χ4n) is 1.31. The van der Waals surface area contributed by atoms with Crippen LogP contribution in [0.3, 0.4) is 0 Å². The summed E-state index contributed by atoms with van der Waals surface area (Å²) in [6.07, 6.45) is 1.92. The minimum Gasteiger partial charge on any atom is -0.508 e. The van der Waals surface area contributed by atoms with Crippen LogP contribution in [0.2, 0.25) is 0 Å². The van der Waals surface area contributed by atoms with Crippen molar-refractivity contribution in [3.05, 3.63) is 23.3 Å². The number of rotatable bonds is 4. The van der Waals surface area contributed by atoms with Crippen LogP contribution in [0, 0.1) is 6.92 Å². The molecule has 0 saturated carbocycles. The Bertz CT molecular complexity index is 377. The first kappa shape index (κ1) is 12.1. The topological polar surface area (TPSA) is 49.3 Å². The van der Waals surface area contributed by atoms with Crippen molar-refractivity contribution in [3.8, 4) is 5.75 Å². The van der Waals surface area contributed by atoms with Crippen LogP contribution >= 0.6 is 11.8 Å². The van der Waals surface area contributed by atoms with Crippen LogP contribution in [0.5, 0.6) is 5.75 Å². The van der Waals surface area contributed by atoms with Crippen LogP contribution in [-0.4, -0.2) is 30.7 Å². The summed E-state index contributed by atoms with van der Waals surface area (Å²) in [6.45, 7) is 2.11. The van der Waals surface area contributed by atoms with Crippen molar-refractivity contribution < 1.29 is 9.90 Å². The summed E-state index contributed by atoms with van der Waals surface area (Å²) >= 11 is 1.51. The molecule has 0 unspecified atom stereocenters. The molecule has 0 saturated heterocycles. The highest BCUT2D eigenvalue weighted by Crippen LogP contribution is 2.28. The van der Waals surface area contributed by atoms with E-state index in [1.165, 1.54) is 11.8 Å². The summed E-state index contributed by atoms with van der Waals surface area (Å²) < 4.78 is 0. The van der Waals surface area contributed by atoms with Gasteiger partial charge in [0, 0.05) is 10.5 Å². The Hall–Kier alpha value is -1.000. The number of benzene rings is 1. The largest absolute Gasteiger partial charge is 0.508 e. The fraction of sp³-hybridized carbons (Fsp3) is 0.364. The molecule has 4 heteroatoms. The molecule has 1 aromatic rings. The normalized spacial score (nSPS) is 10.3. The lowest BCUT2D eigenvalue weighted by Gasteiger charge is -2.09. The molecule has 0 heterocycles. The second kappa shape index (κ2) is 5.19. The molecular weight excluding hydrogens is 210 g/mol. The van der Waals surface area contributed by atoms with Gasteiger partial charge in [-0.25, -0.2) is 0 Å². The van der Waals surface area contributed by atoms with Gasteiger partial charge in [-0.1, -0.05) is 0 Å². The Morgan fingerprint density at radius 2 is 2.20 bits per heavy atom. The molecule has 0 bridgehead atoms. The number of Topliss-reactive ketones (excluding diaryl/α,β-unsaturated/α-hetero) is 1. The Labute approximate surface area is 93.9 Å². The summed E-state index contributed by atoms with van der Waals surface area (Å²) in [5, 5.41) is 12.4. The molecule has 0 spiro atoms. The maximum absolute atomic E-state index is 11.7. The Balaban J connectivity index is 3.15. The third-order valence-electron chi connectivity index (χ3n) is 2.16. The predicted octanol–water partition coefficient (Wildman–Crippen LogP) is 1.82. The molecule has 0 aliphatic heterocycles. The zero-order valence-corrected chi connectivity index (χ0v) is 9.94. The molecular formula is C11H15NO2S. The van der Waals surface area contributed by atoms with Crippen LogP contribution in [0.15, 0.2) is 17.0 Å². The first-order chi connectivity index (χ1) is 7.10. The standard InChI is InChI=1S/C11H15NO2S/c1-7-4-11(15-3)8(5-9(7)13)10(14)6-12-2/h4-5,12-13H,6H2,1-3H3. The fourth-order valence-corrected chi connectivity index (χ4v) is 2.00. The highest BCUT2D eigenvalue weighted by atomic mass is 32.2. The summed E-state index contributed by atoms with van der Waals surface area (Å²) in [5.74, 6) is 0.171. The van der Waals surface area contributed by atoms with E-state index in [0.29, 0.717) is 5.56 Å². The summed E-state index contributed by atoms with van der Waals surface area (Å²) in [6, 6.07) is 3.38. The average molecular weight is 225 g/mol. The van der Waals surface area contributed by atoms with Crippen molar-refractivity contribution in [2.45, 2.75) is 11.8 Å². The van der Waals surface area contributed by atoms with Gasteiger partial charge in [0.25, 0.3) is 0 Å². The van der Waals surface area contributed by atoms with E-state index in [-0.39, 0.29) is 18.1 Å². The zero-order chi connectivity index (χ0) is 11.4. The van der Waals surface area contributed by atoms with Gasteiger partial charge in [-0.15, -0.1) is 11.8 Å². The third-order valence-corrected chi connectivity index (χ3v) is 2.93. The Morgan fingerprint density at radius 3 is 2.73 bits per heavy atom. The van der Waals surface area contributed by atoms with Gasteiger partial charge in [-0.05, 0) is 37.9 Å². The maximum atomic E-state index is 11.7. The number of thioether (sulfide) groups is 1. The van der Waals surface area contributed by atoms with E-state index in [1.54, 1.807) is 13.1 Å². The Morgan fingerprint density at radius 1 is 1.53 bits per heavy atom. The van der Waals surface area contributed by atoms with Crippen molar-refractivity contribution in [1.82, 2.24) is 5.32 Å². The van der Waals surface area contributed by atoms with Crippen molar-refractivity contribution in [3.63, 3.8) is 0 Å². The summed E-state index contributed by atoms with van der Waals surface area (Å²) in [7, 11) is 1.73. The highest BCUT2D eigenvalue weighted by molar-refractivity contribution is 7.98. The molecule has 2 N–H and O–H groups in total. The molecule has 0 radical (unpaired) electrons. The van der Waals surface area contributed by atoms with E-state index in [0.717, 1.165) is 10.5 Å². The van der Waals surface area contributed by atoms with E-state index >= 15 is 0 Å². The molecule has 0 amide bonds. The number of ketones is 1. The van der Waals surface area contributed by atoms with E-state index in [1.807, 2.05) is 19.2 Å². The third kappa shape index (κ3) is 2.73. The lowest BCUT2D eigenvalue weighted by Crippen LogP contribution is -2.19.